The number of nitrogens with zero attached hydrogens (tertiary/aromatic N) is 2. The summed E-state index contributed by atoms with van der Waals surface area (Å²) in [4.78, 5) is 28.8. The molecule has 1 saturated heterocycles. The van der Waals surface area contributed by atoms with Crippen LogP contribution in [-0.4, -0.2) is 41.8 Å². The van der Waals surface area contributed by atoms with Gasteiger partial charge < -0.3 is 19.4 Å². The molecule has 0 saturated carbocycles. The first-order chi connectivity index (χ1) is 15.0. The number of rotatable bonds is 5. The number of hydrogen-bond acceptors (Lipinski definition) is 6. The molecule has 1 aliphatic heterocycles. The van der Waals surface area contributed by atoms with Crippen molar-refractivity contribution < 1.29 is 19.1 Å². The summed E-state index contributed by atoms with van der Waals surface area (Å²) in [5.41, 5.74) is 5.40. The van der Waals surface area contributed by atoms with E-state index >= 15 is 0 Å². The minimum Gasteiger partial charge on any atom is -0.465 e. The number of benzene rings is 1. The normalized spacial score (nSPS) is 14.4. The van der Waals surface area contributed by atoms with E-state index in [2.05, 4.69) is 20.9 Å². The molecule has 4 rings (SSSR count). The van der Waals surface area contributed by atoms with Gasteiger partial charge in [-0.2, -0.15) is 0 Å². The zero-order valence-corrected chi connectivity index (χ0v) is 18.6. The second-order valence-corrected chi connectivity index (χ2v) is 8.43. The van der Waals surface area contributed by atoms with Crippen LogP contribution in [0.4, 0.5) is 5.13 Å². The first-order valence-corrected chi connectivity index (χ1v) is 11.1. The first kappa shape index (κ1) is 21.3. The van der Waals surface area contributed by atoms with Crippen LogP contribution in [0.25, 0.3) is 16.9 Å². The number of aryl methyl sites for hydroxylation is 1. The Morgan fingerprint density at radius 2 is 1.90 bits per heavy atom. The molecule has 0 bridgehead atoms. The Balaban J connectivity index is 1.55. The summed E-state index contributed by atoms with van der Waals surface area (Å²) in [6.45, 7) is 5.34. The topological polar surface area (TPSA) is 82.5 Å². The van der Waals surface area contributed by atoms with Crippen molar-refractivity contribution in [3.05, 3.63) is 52.7 Å². The SMILES string of the molecule is COC(=O)c1ccc(-n2c(C)cc(-c3csc(NC(=O)C4CCOCC4)n3)c2C)cc1. The van der Waals surface area contributed by atoms with Gasteiger partial charge in [0.05, 0.1) is 18.4 Å². The molecule has 1 aromatic carbocycles. The van der Waals surface area contributed by atoms with Crippen molar-refractivity contribution >= 4 is 28.3 Å². The predicted octanol–water partition coefficient (Wildman–Crippen LogP) is 4.37. The van der Waals surface area contributed by atoms with Gasteiger partial charge in [0.25, 0.3) is 0 Å². The van der Waals surface area contributed by atoms with Crippen molar-refractivity contribution in [3.8, 4) is 16.9 Å². The Labute approximate surface area is 185 Å². The summed E-state index contributed by atoms with van der Waals surface area (Å²) in [6.07, 6.45) is 1.50. The smallest absolute Gasteiger partial charge is 0.337 e. The van der Waals surface area contributed by atoms with Gasteiger partial charge in [0.15, 0.2) is 5.13 Å². The van der Waals surface area contributed by atoms with Gasteiger partial charge in [-0.1, -0.05) is 0 Å². The van der Waals surface area contributed by atoms with E-state index in [1.807, 2.05) is 31.4 Å². The highest BCUT2D eigenvalue weighted by atomic mass is 32.1. The lowest BCUT2D eigenvalue weighted by Crippen LogP contribution is -2.28. The van der Waals surface area contributed by atoms with Gasteiger partial charge in [-0.3, -0.25) is 4.79 Å². The summed E-state index contributed by atoms with van der Waals surface area (Å²) in [6, 6.07) is 9.40. The van der Waals surface area contributed by atoms with Crippen LogP contribution < -0.4 is 5.32 Å². The molecule has 2 aromatic heterocycles. The molecule has 0 atom stereocenters. The van der Waals surface area contributed by atoms with E-state index in [4.69, 9.17) is 9.47 Å². The number of anilines is 1. The number of carbonyl (C=O) groups is 2. The van der Waals surface area contributed by atoms with E-state index in [1.165, 1.54) is 18.4 Å². The van der Waals surface area contributed by atoms with Gasteiger partial charge >= 0.3 is 5.97 Å². The Morgan fingerprint density at radius 1 is 1.19 bits per heavy atom. The van der Waals surface area contributed by atoms with Crippen LogP contribution in [0.3, 0.4) is 0 Å². The summed E-state index contributed by atoms with van der Waals surface area (Å²) in [5, 5.41) is 5.53. The van der Waals surface area contributed by atoms with E-state index in [1.54, 1.807) is 12.1 Å². The largest absolute Gasteiger partial charge is 0.465 e. The molecular formula is C23H25N3O4S. The number of carbonyl (C=O) groups excluding carboxylic acids is 2. The molecule has 162 valence electrons. The zero-order chi connectivity index (χ0) is 22.0. The Morgan fingerprint density at radius 3 is 2.58 bits per heavy atom. The van der Waals surface area contributed by atoms with E-state index < -0.39 is 0 Å². The predicted molar refractivity (Wildman–Crippen MR) is 120 cm³/mol. The standard InChI is InChI=1S/C23H25N3O4S/c1-14-12-19(15(2)26(14)18-6-4-17(5-7-18)22(28)29-3)20-13-31-23(24-20)25-21(27)16-8-10-30-11-9-16/h4-7,12-13,16H,8-11H2,1-3H3,(H,24,25,27). The number of thiazole rings is 1. The number of amides is 1. The second kappa shape index (κ2) is 9.03. The van der Waals surface area contributed by atoms with E-state index in [-0.39, 0.29) is 17.8 Å². The quantitative estimate of drug-likeness (QED) is 0.597. The van der Waals surface area contributed by atoms with Crippen LogP contribution >= 0.6 is 11.3 Å². The van der Waals surface area contributed by atoms with Gasteiger partial charge in [-0.15, -0.1) is 11.3 Å². The first-order valence-electron chi connectivity index (χ1n) is 10.2. The lowest BCUT2D eigenvalue weighted by atomic mass is 10.00. The molecule has 3 heterocycles. The van der Waals surface area contributed by atoms with E-state index in [0.29, 0.717) is 23.9 Å². The third kappa shape index (κ3) is 4.40. The molecule has 1 N–H and O–H groups in total. The van der Waals surface area contributed by atoms with Gasteiger partial charge in [-0.25, -0.2) is 9.78 Å². The summed E-state index contributed by atoms with van der Waals surface area (Å²) >= 11 is 1.43. The van der Waals surface area contributed by atoms with Crippen molar-refractivity contribution in [2.75, 3.05) is 25.6 Å². The lowest BCUT2D eigenvalue weighted by Gasteiger charge is -2.20. The minimum absolute atomic E-state index is 0.0142. The van der Waals surface area contributed by atoms with Crippen LogP contribution in [0.5, 0.6) is 0 Å². The van der Waals surface area contributed by atoms with Crippen LogP contribution in [0, 0.1) is 19.8 Å². The molecule has 7 nitrogen and oxygen atoms in total. The Hall–Kier alpha value is -2.97. The summed E-state index contributed by atoms with van der Waals surface area (Å²) in [7, 11) is 1.37. The van der Waals surface area contributed by atoms with Gasteiger partial charge in [0, 0.05) is 47.2 Å². The maximum atomic E-state index is 12.5. The molecule has 1 amide bonds. The molecule has 0 aliphatic carbocycles. The number of hydrogen-bond donors (Lipinski definition) is 1. The summed E-state index contributed by atoms with van der Waals surface area (Å²) in [5.74, 6) is -0.356. The third-order valence-electron chi connectivity index (χ3n) is 5.58. The van der Waals surface area contributed by atoms with Crippen molar-refractivity contribution in [2.45, 2.75) is 26.7 Å². The second-order valence-electron chi connectivity index (χ2n) is 7.57. The molecule has 0 unspecified atom stereocenters. The number of nitrogens with one attached hydrogen (secondary N) is 1. The number of methoxy groups -OCH3 is 1. The van der Waals surface area contributed by atoms with E-state index in [0.717, 1.165) is 41.2 Å². The van der Waals surface area contributed by atoms with Crippen molar-refractivity contribution in [3.63, 3.8) is 0 Å². The van der Waals surface area contributed by atoms with Gasteiger partial charge in [0.1, 0.15) is 0 Å². The third-order valence-corrected chi connectivity index (χ3v) is 6.34. The molecule has 0 radical (unpaired) electrons. The number of ether oxygens (including phenoxy) is 2. The van der Waals surface area contributed by atoms with Crippen LogP contribution in [0.2, 0.25) is 0 Å². The van der Waals surface area contributed by atoms with Crippen LogP contribution in [0.15, 0.2) is 35.7 Å². The summed E-state index contributed by atoms with van der Waals surface area (Å²) < 4.78 is 12.2. The maximum absolute atomic E-state index is 12.5. The monoisotopic (exact) mass is 439 g/mol. The van der Waals surface area contributed by atoms with Crippen molar-refractivity contribution in [2.24, 2.45) is 5.92 Å². The minimum atomic E-state index is -0.356. The van der Waals surface area contributed by atoms with Crippen molar-refractivity contribution in [1.82, 2.24) is 9.55 Å². The molecule has 1 aliphatic rings. The number of aromatic nitrogens is 2. The number of esters is 1. The van der Waals surface area contributed by atoms with Gasteiger partial charge in [-0.05, 0) is 57.0 Å². The van der Waals surface area contributed by atoms with Crippen molar-refractivity contribution in [1.29, 1.82) is 0 Å². The maximum Gasteiger partial charge on any atom is 0.337 e. The van der Waals surface area contributed by atoms with Gasteiger partial charge in [0.2, 0.25) is 5.91 Å². The molecular weight excluding hydrogens is 414 g/mol. The highest BCUT2D eigenvalue weighted by molar-refractivity contribution is 7.14. The molecule has 3 aromatic rings. The Bertz CT molecular complexity index is 1090. The fourth-order valence-corrected chi connectivity index (χ4v) is 4.62. The zero-order valence-electron chi connectivity index (χ0n) is 17.8. The molecule has 0 spiro atoms. The fourth-order valence-electron chi connectivity index (χ4n) is 3.91. The molecule has 8 heteroatoms. The highest BCUT2D eigenvalue weighted by Gasteiger charge is 2.23. The average Bonchev–Trinajstić information content (AvgIpc) is 3.37. The average molecular weight is 440 g/mol. The van der Waals surface area contributed by atoms with E-state index in [9.17, 15) is 9.59 Å². The molecule has 1 fully saturated rings. The van der Waals surface area contributed by atoms with Crippen LogP contribution in [-0.2, 0) is 14.3 Å². The molecule has 31 heavy (non-hydrogen) atoms. The van der Waals surface area contributed by atoms with Crippen LogP contribution in [0.1, 0.15) is 34.6 Å². The fraction of sp³-hybridized carbons (Fsp3) is 0.348. The highest BCUT2D eigenvalue weighted by Crippen LogP contribution is 2.32. The Kier molecular flexibility index (Phi) is 6.20. The lowest BCUT2D eigenvalue weighted by molar-refractivity contribution is -0.122.